The molecule has 2 N–H and O–H groups in total. The van der Waals surface area contributed by atoms with Gasteiger partial charge in [-0.05, 0) is 38.8 Å². The van der Waals surface area contributed by atoms with Gasteiger partial charge < -0.3 is 10.6 Å². The standard InChI is InChI=1S/C13H21N3O/c1-3-14-13(17)9-4-5-10-15-12-8-6-7-11(2)16-12/h6-8H,3-5,9-10H2,1-2H3,(H,14,17)(H,15,16). The molecule has 0 aliphatic rings. The van der Waals surface area contributed by atoms with Crippen LogP contribution in [0.2, 0.25) is 0 Å². The van der Waals surface area contributed by atoms with Crippen LogP contribution < -0.4 is 10.6 Å². The highest BCUT2D eigenvalue weighted by Crippen LogP contribution is 2.04. The first-order chi connectivity index (χ1) is 8.22. The van der Waals surface area contributed by atoms with E-state index in [-0.39, 0.29) is 5.91 Å². The first kappa shape index (κ1) is 13.5. The molecule has 0 aliphatic carbocycles. The number of carbonyl (C=O) groups excluding carboxylic acids is 1. The number of nitrogens with one attached hydrogen (secondary N) is 2. The third-order valence-corrected chi connectivity index (χ3v) is 2.40. The second-order valence-corrected chi connectivity index (χ2v) is 4.00. The van der Waals surface area contributed by atoms with E-state index >= 15 is 0 Å². The maximum absolute atomic E-state index is 11.2. The van der Waals surface area contributed by atoms with Gasteiger partial charge >= 0.3 is 0 Å². The second kappa shape index (κ2) is 7.65. The minimum atomic E-state index is 0.140. The Balaban J connectivity index is 2.10. The van der Waals surface area contributed by atoms with Crippen molar-refractivity contribution in [2.45, 2.75) is 33.1 Å². The van der Waals surface area contributed by atoms with Crippen molar-refractivity contribution in [1.82, 2.24) is 10.3 Å². The molecule has 1 amide bonds. The number of amides is 1. The zero-order valence-electron chi connectivity index (χ0n) is 10.6. The Labute approximate surface area is 103 Å². The summed E-state index contributed by atoms with van der Waals surface area (Å²) in [6, 6.07) is 5.91. The van der Waals surface area contributed by atoms with Crippen LogP contribution in [0.5, 0.6) is 0 Å². The SMILES string of the molecule is CCNC(=O)CCCCNc1cccc(C)n1. The lowest BCUT2D eigenvalue weighted by molar-refractivity contribution is -0.121. The number of anilines is 1. The number of pyridine rings is 1. The van der Waals surface area contributed by atoms with E-state index in [4.69, 9.17) is 0 Å². The molecule has 0 unspecified atom stereocenters. The van der Waals surface area contributed by atoms with Crippen molar-refractivity contribution >= 4 is 11.7 Å². The predicted molar refractivity (Wildman–Crippen MR) is 70.0 cm³/mol. The third kappa shape index (κ3) is 5.90. The van der Waals surface area contributed by atoms with Crippen LogP contribution >= 0.6 is 0 Å². The summed E-state index contributed by atoms with van der Waals surface area (Å²) in [6.07, 6.45) is 2.49. The number of nitrogens with zero attached hydrogens (tertiary/aromatic N) is 1. The smallest absolute Gasteiger partial charge is 0.219 e. The fourth-order valence-corrected chi connectivity index (χ4v) is 1.55. The average Bonchev–Trinajstić information content (AvgIpc) is 2.29. The van der Waals surface area contributed by atoms with Gasteiger partial charge in [0.2, 0.25) is 5.91 Å². The molecule has 1 aromatic rings. The zero-order valence-corrected chi connectivity index (χ0v) is 10.6. The first-order valence-electron chi connectivity index (χ1n) is 6.16. The van der Waals surface area contributed by atoms with Gasteiger partial charge in [0.15, 0.2) is 0 Å². The number of hydrogen-bond acceptors (Lipinski definition) is 3. The molecule has 0 spiro atoms. The number of aryl methyl sites for hydroxylation is 1. The third-order valence-electron chi connectivity index (χ3n) is 2.40. The molecule has 0 saturated carbocycles. The number of hydrogen-bond donors (Lipinski definition) is 2. The molecule has 1 aromatic heterocycles. The molecule has 17 heavy (non-hydrogen) atoms. The Morgan fingerprint density at radius 3 is 2.88 bits per heavy atom. The molecule has 94 valence electrons. The van der Waals surface area contributed by atoms with Crippen LogP contribution in [0.15, 0.2) is 18.2 Å². The van der Waals surface area contributed by atoms with Gasteiger partial charge in [0.25, 0.3) is 0 Å². The lowest BCUT2D eigenvalue weighted by atomic mass is 10.2. The van der Waals surface area contributed by atoms with Crippen LogP contribution in [0.4, 0.5) is 5.82 Å². The molecule has 0 bridgehead atoms. The van der Waals surface area contributed by atoms with Crippen molar-refractivity contribution in [3.8, 4) is 0 Å². The number of unbranched alkanes of at least 4 members (excludes halogenated alkanes) is 1. The fraction of sp³-hybridized carbons (Fsp3) is 0.538. The average molecular weight is 235 g/mol. The van der Waals surface area contributed by atoms with Crippen LogP contribution in [-0.4, -0.2) is 24.0 Å². The van der Waals surface area contributed by atoms with Crippen LogP contribution in [0.25, 0.3) is 0 Å². The van der Waals surface area contributed by atoms with Crippen LogP contribution in [0.3, 0.4) is 0 Å². The molecule has 0 aromatic carbocycles. The molecule has 0 aliphatic heterocycles. The topological polar surface area (TPSA) is 54.0 Å². The van der Waals surface area contributed by atoms with E-state index in [1.54, 1.807) is 0 Å². The Morgan fingerprint density at radius 1 is 1.35 bits per heavy atom. The van der Waals surface area contributed by atoms with Crippen molar-refractivity contribution in [3.63, 3.8) is 0 Å². The molecule has 0 saturated heterocycles. The second-order valence-electron chi connectivity index (χ2n) is 4.00. The lowest BCUT2D eigenvalue weighted by Crippen LogP contribution is -2.22. The largest absolute Gasteiger partial charge is 0.370 e. The van der Waals surface area contributed by atoms with E-state index in [1.165, 1.54) is 0 Å². The van der Waals surface area contributed by atoms with E-state index in [0.29, 0.717) is 13.0 Å². The minimum absolute atomic E-state index is 0.140. The van der Waals surface area contributed by atoms with Crippen LogP contribution in [0, 0.1) is 6.92 Å². The van der Waals surface area contributed by atoms with Gasteiger partial charge in [-0.15, -0.1) is 0 Å². The van der Waals surface area contributed by atoms with Gasteiger partial charge in [0, 0.05) is 25.2 Å². The van der Waals surface area contributed by atoms with Gasteiger partial charge in [-0.25, -0.2) is 4.98 Å². The number of carbonyl (C=O) groups is 1. The maximum Gasteiger partial charge on any atom is 0.219 e. The molecule has 0 radical (unpaired) electrons. The summed E-state index contributed by atoms with van der Waals surface area (Å²) in [5.74, 6) is 1.05. The quantitative estimate of drug-likeness (QED) is 0.712. The van der Waals surface area contributed by atoms with Crippen molar-refractivity contribution in [2.24, 2.45) is 0 Å². The molecule has 1 rings (SSSR count). The predicted octanol–water partition coefficient (Wildman–Crippen LogP) is 2.11. The molecule has 0 fully saturated rings. The zero-order chi connectivity index (χ0) is 12.5. The summed E-state index contributed by atoms with van der Waals surface area (Å²) in [4.78, 5) is 15.5. The fourth-order valence-electron chi connectivity index (χ4n) is 1.55. The molecular formula is C13H21N3O. The van der Waals surface area contributed by atoms with Gasteiger partial charge in [-0.3, -0.25) is 4.79 Å². The monoisotopic (exact) mass is 235 g/mol. The van der Waals surface area contributed by atoms with Crippen LogP contribution in [-0.2, 0) is 4.79 Å². The molecule has 4 heteroatoms. The first-order valence-corrected chi connectivity index (χ1v) is 6.16. The summed E-state index contributed by atoms with van der Waals surface area (Å²) >= 11 is 0. The summed E-state index contributed by atoms with van der Waals surface area (Å²) in [7, 11) is 0. The Morgan fingerprint density at radius 2 is 2.18 bits per heavy atom. The molecular weight excluding hydrogens is 214 g/mol. The highest BCUT2D eigenvalue weighted by molar-refractivity contribution is 5.75. The Kier molecular flexibility index (Phi) is 6.07. The minimum Gasteiger partial charge on any atom is -0.370 e. The van der Waals surface area contributed by atoms with Crippen molar-refractivity contribution in [1.29, 1.82) is 0 Å². The number of aromatic nitrogens is 1. The van der Waals surface area contributed by atoms with E-state index in [2.05, 4.69) is 15.6 Å². The van der Waals surface area contributed by atoms with Crippen molar-refractivity contribution in [3.05, 3.63) is 23.9 Å². The Bertz CT molecular complexity index is 352. The highest BCUT2D eigenvalue weighted by Gasteiger charge is 1.98. The van der Waals surface area contributed by atoms with Gasteiger partial charge in [0.05, 0.1) is 0 Å². The van der Waals surface area contributed by atoms with Crippen molar-refractivity contribution in [2.75, 3.05) is 18.4 Å². The van der Waals surface area contributed by atoms with Crippen LogP contribution in [0.1, 0.15) is 31.9 Å². The van der Waals surface area contributed by atoms with Gasteiger partial charge in [0.1, 0.15) is 5.82 Å². The summed E-state index contributed by atoms with van der Waals surface area (Å²) < 4.78 is 0. The summed E-state index contributed by atoms with van der Waals surface area (Å²) in [5.41, 5.74) is 1.01. The van der Waals surface area contributed by atoms with E-state index in [1.807, 2.05) is 32.0 Å². The van der Waals surface area contributed by atoms with Gasteiger partial charge in [-0.2, -0.15) is 0 Å². The molecule has 4 nitrogen and oxygen atoms in total. The van der Waals surface area contributed by atoms with Gasteiger partial charge in [-0.1, -0.05) is 6.07 Å². The van der Waals surface area contributed by atoms with E-state index in [9.17, 15) is 4.79 Å². The summed E-state index contributed by atoms with van der Waals surface area (Å²) in [5, 5.41) is 6.04. The number of rotatable bonds is 7. The maximum atomic E-state index is 11.2. The Hall–Kier alpha value is -1.58. The molecule has 1 heterocycles. The normalized spacial score (nSPS) is 10.0. The van der Waals surface area contributed by atoms with E-state index < -0.39 is 0 Å². The van der Waals surface area contributed by atoms with E-state index in [0.717, 1.165) is 30.9 Å². The van der Waals surface area contributed by atoms with Crippen molar-refractivity contribution < 1.29 is 4.79 Å². The highest BCUT2D eigenvalue weighted by atomic mass is 16.1. The lowest BCUT2D eigenvalue weighted by Gasteiger charge is -2.06. The molecule has 0 atom stereocenters. The summed E-state index contributed by atoms with van der Waals surface area (Å²) in [6.45, 7) is 5.48.